The normalized spacial score (nSPS) is 30.0. The van der Waals surface area contributed by atoms with Crippen molar-refractivity contribution in [1.29, 1.82) is 0 Å². The average Bonchev–Trinajstić information content (AvgIpc) is 1.99. The molecule has 2 N–H and O–H groups in total. The minimum Gasteiger partial charge on any atom is -0.376 e. The van der Waals surface area contributed by atoms with Crippen LogP contribution in [0.5, 0.6) is 0 Å². The maximum absolute atomic E-state index is 12.7. The first-order chi connectivity index (χ1) is 6.22. The van der Waals surface area contributed by atoms with E-state index in [1.54, 1.807) is 0 Å². The van der Waals surface area contributed by atoms with E-state index in [2.05, 4.69) is 4.74 Å². The molecule has 84 valence electrons. The molecule has 0 bridgehead atoms. The predicted octanol–water partition coefficient (Wildman–Crippen LogP) is 1.69. The molecule has 0 saturated carbocycles. The topological polar surface area (TPSA) is 35.2 Å². The van der Waals surface area contributed by atoms with E-state index < -0.39 is 37.1 Å². The Morgan fingerprint density at radius 2 is 1.93 bits per heavy atom. The van der Waals surface area contributed by atoms with Crippen molar-refractivity contribution in [3.8, 4) is 0 Å². The van der Waals surface area contributed by atoms with Crippen LogP contribution in [0.4, 0.5) is 22.0 Å². The monoisotopic (exact) mass is 219 g/mol. The number of alkyl halides is 5. The fourth-order valence-electron chi connectivity index (χ4n) is 1.26. The van der Waals surface area contributed by atoms with Gasteiger partial charge < -0.3 is 10.5 Å². The summed E-state index contributed by atoms with van der Waals surface area (Å²) in [6.45, 7) is -0.387. The Morgan fingerprint density at radius 3 is 2.36 bits per heavy atom. The molecule has 0 aliphatic carbocycles. The Hall–Kier alpha value is -0.430. The number of halogens is 5. The molecule has 1 aliphatic rings. The van der Waals surface area contributed by atoms with Crippen LogP contribution in [0.15, 0.2) is 0 Å². The lowest BCUT2D eigenvalue weighted by molar-refractivity contribution is -0.203. The number of hydrogen-bond donors (Lipinski definition) is 1. The highest BCUT2D eigenvalue weighted by Crippen LogP contribution is 2.34. The van der Waals surface area contributed by atoms with Crippen molar-refractivity contribution in [2.24, 2.45) is 5.73 Å². The van der Waals surface area contributed by atoms with Gasteiger partial charge in [-0.05, 0) is 0 Å². The van der Waals surface area contributed by atoms with Gasteiger partial charge >= 0.3 is 6.18 Å². The molecule has 2 nitrogen and oxygen atoms in total. The lowest BCUT2D eigenvalue weighted by atomic mass is 9.99. The fraction of sp³-hybridized carbons (Fsp3) is 1.00. The van der Waals surface area contributed by atoms with Crippen LogP contribution in [0, 0.1) is 0 Å². The second-order valence-corrected chi connectivity index (χ2v) is 3.29. The average molecular weight is 219 g/mol. The Labute approximate surface area is 77.2 Å². The second kappa shape index (κ2) is 3.62. The van der Waals surface area contributed by atoms with Gasteiger partial charge in [-0.3, -0.25) is 0 Å². The van der Waals surface area contributed by atoms with Crippen molar-refractivity contribution >= 4 is 0 Å². The molecular formula is C7H10F5NO. The van der Waals surface area contributed by atoms with Gasteiger partial charge in [-0.2, -0.15) is 13.2 Å². The SMILES string of the molecule is NC(C1CC(F)(F)CCO1)C(F)(F)F. The highest BCUT2D eigenvalue weighted by molar-refractivity contribution is 4.87. The molecule has 0 spiro atoms. The zero-order chi connectivity index (χ0) is 11.0. The van der Waals surface area contributed by atoms with Gasteiger partial charge in [0.05, 0.1) is 12.7 Å². The molecule has 1 rings (SSSR count). The van der Waals surface area contributed by atoms with E-state index in [-0.39, 0.29) is 6.61 Å². The van der Waals surface area contributed by atoms with Crippen molar-refractivity contribution in [2.75, 3.05) is 6.61 Å². The Morgan fingerprint density at radius 1 is 1.36 bits per heavy atom. The van der Waals surface area contributed by atoms with Crippen LogP contribution in [0.1, 0.15) is 12.8 Å². The summed E-state index contributed by atoms with van der Waals surface area (Å²) in [5.41, 5.74) is 4.76. The largest absolute Gasteiger partial charge is 0.406 e. The molecule has 2 unspecified atom stereocenters. The van der Waals surface area contributed by atoms with Crippen LogP contribution in [-0.4, -0.2) is 30.9 Å². The summed E-state index contributed by atoms with van der Waals surface area (Å²) in [6, 6.07) is -2.34. The van der Waals surface area contributed by atoms with E-state index in [1.165, 1.54) is 0 Å². The first-order valence-corrected chi connectivity index (χ1v) is 4.04. The molecule has 0 aromatic rings. The number of rotatable bonds is 1. The third kappa shape index (κ3) is 2.78. The van der Waals surface area contributed by atoms with Gasteiger partial charge in [-0.1, -0.05) is 0 Å². The van der Waals surface area contributed by atoms with E-state index in [1.807, 2.05) is 0 Å². The summed E-state index contributed by atoms with van der Waals surface area (Å²) in [5, 5.41) is 0. The number of ether oxygens (including phenoxy) is 1. The summed E-state index contributed by atoms with van der Waals surface area (Å²) < 4.78 is 66.1. The van der Waals surface area contributed by atoms with Gasteiger partial charge in [-0.15, -0.1) is 0 Å². The summed E-state index contributed by atoms with van der Waals surface area (Å²) in [4.78, 5) is 0. The third-order valence-corrected chi connectivity index (χ3v) is 2.08. The van der Waals surface area contributed by atoms with E-state index in [0.717, 1.165) is 0 Å². The summed E-state index contributed by atoms with van der Waals surface area (Å²) in [6.07, 6.45) is -7.85. The first kappa shape index (κ1) is 11.6. The predicted molar refractivity (Wildman–Crippen MR) is 38.0 cm³/mol. The van der Waals surface area contributed by atoms with Gasteiger partial charge in [-0.25, -0.2) is 8.78 Å². The molecule has 0 amide bonds. The van der Waals surface area contributed by atoms with E-state index in [4.69, 9.17) is 5.73 Å². The molecule has 0 aromatic carbocycles. The van der Waals surface area contributed by atoms with Crippen LogP contribution in [0.3, 0.4) is 0 Å². The Kier molecular flexibility index (Phi) is 3.01. The zero-order valence-electron chi connectivity index (χ0n) is 7.15. The van der Waals surface area contributed by atoms with Gasteiger partial charge in [0, 0.05) is 12.8 Å². The zero-order valence-corrected chi connectivity index (χ0v) is 7.15. The number of hydrogen-bond acceptors (Lipinski definition) is 2. The van der Waals surface area contributed by atoms with Crippen LogP contribution < -0.4 is 5.73 Å². The Balaban J connectivity index is 2.61. The highest BCUT2D eigenvalue weighted by Gasteiger charge is 2.48. The maximum atomic E-state index is 12.7. The minimum absolute atomic E-state index is 0.387. The molecule has 0 radical (unpaired) electrons. The Bertz CT molecular complexity index is 202. The smallest absolute Gasteiger partial charge is 0.376 e. The van der Waals surface area contributed by atoms with Crippen molar-refractivity contribution in [3.05, 3.63) is 0 Å². The van der Waals surface area contributed by atoms with Gasteiger partial charge in [0.1, 0.15) is 6.04 Å². The molecule has 1 saturated heterocycles. The molecule has 2 atom stereocenters. The molecule has 14 heavy (non-hydrogen) atoms. The van der Waals surface area contributed by atoms with Crippen LogP contribution in [-0.2, 0) is 4.74 Å². The highest BCUT2D eigenvalue weighted by atomic mass is 19.4. The van der Waals surface area contributed by atoms with E-state index in [0.29, 0.717) is 0 Å². The van der Waals surface area contributed by atoms with Crippen LogP contribution >= 0.6 is 0 Å². The lowest BCUT2D eigenvalue weighted by Gasteiger charge is -2.33. The number of nitrogens with two attached hydrogens (primary N) is 1. The van der Waals surface area contributed by atoms with Crippen molar-refractivity contribution in [2.45, 2.75) is 37.1 Å². The van der Waals surface area contributed by atoms with E-state index >= 15 is 0 Å². The van der Waals surface area contributed by atoms with Crippen LogP contribution in [0.2, 0.25) is 0 Å². The molecule has 1 fully saturated rings. The fourth-order valence-corrected chi connectivity index (χ4v) is 1.26. The quantitative estimate of drug-likeness (QED) is 0.681. The lowest BCUT2D eigenvalue weighted by Crippen LogP contribution is -2.52. The summed E-state index contributed by atoms with van der Waals surface area (Å²) >= 11 is 0. The van der Waals surface area contributed by atoms with E-state index in [9.17, 15) is 22.0 Å². The van der Waals surface area contributed by atoms with Crippen molar-refractivity contribution in [3.63, 3.8) is 0 Å². The molecule has 0 aromatic heterocycles. The van der Waals surface area contributed by atoms with Crippen LogP contribution in [0.25, 0.3) is 0 Å². The molecule has 7 heteroatoms. The molecule has 1 aliphatic heterocycles. The van der Waals surface area contributed by atoms with Gasteiger partial charge in [0.15, 0.2) is 0 Å². The molecular weight excluding hydrogens is 209 g/mol. The first-order valence-electron chi connectivity index (χ1n) is 4.04. The summed E-state index contributed by atoms with van der Waals surface area (Å²) in [7, 11) is 0. The maximum Gasteiger partial charge on any atom is 0.406 e. The van der Waals surface area contributed by atoms with Gasteiger partial charge in [0.25, 0.3) is 5.92 Å². The molecule has 1 heterocycles. The minimum atomic E-state index is -4.70. The second-order valence-electron chi connectivity index (χ2n) is 3.29. The summed E-state index contributed by atoms with van der Waals surface area (Å²) in [5.74, 6) is -3.11. The third-order valence-electron chi connectivity index (χ3n) is 2.08. The van der Waals surface area contributed by atoms with Gasteiger partial charge in [0.2, 0.25) is 0 Å². The standard InChI is InChI=1S/C7H10F5NO/c8-6(9)1-2-14-4(3-6)5(13)7(10,11)12/h4-5H,1-3,13H2. The van der Waals surface area contributed by atoms with Crippen molar-refractivity contribution in [1.82, 2.24) is 0 Å². The van der Waals surface area contributed by atoms with Crippen molar-refractivity contribution < 1.29 is 26.7 Å².